The first-order valence-electron chi connectivity index (χ1n) is 8.67. The van der Waals surface area contributed by atoms with E-state index in [4.69, 9.17) is 4.74 Å². The highest BCUT2D eigenvalue weighted by atomic mass is 32.2. The third kappa shape index (κ3) is 4.04. The molecule has 7 heteroatoms. The third-order valence-corrected chi connectivity index (χ3v) is 5.81. The Bertz CT molecular complexity index is 879. The quantitative estimate of drug-likeness (QED) is 0.873. The van der Waals surface area contributed by atoms with Crippen LogP contribution in [-0.4, -0.2) is 46.1 Å². The van der Waals surface area contributed by atoms with E-state index in [1.807, 2.05) is 6.08 Å². The summed E-state index contributed by atoms with van der Waals surface area (Å²) in [5.74, 6) is -0.209. The highest BCUT2D eigenvalue weighted by Gasteiger charge is 2.29. The molecule has 0 bridgehead atoms. The summed E-state index contributed by atoms with van der Waals surface area (Å²) in [4.78, 5) is 16.2. The van der Waals surface area contributed by atoms with E-state index in [1.165, 1.54) is 12.5 Å². The largest absolute Gasteiger partial charge is 0.382 e. The van der Waals surface area contributed by atoms with Crippen LogP contribution in [0.2, 0.25) is 0 Å². The summed E-state index contributed by atoms with van der Waals surface area (Å²) in [6.07, 6.45) is 6.34. The van der Waals surface area contributed by atoms with Crippen LogP contribution < -0.4 is 5.32 Å². The second-order valence-corrected chi connectivity index (χ2v) is 9.41. The summed E-state index contributed by atoms with van der Waals surface area (Å²) in [5, 5.41) is 3.50. The van der Waals surface area contributed by atoms with E-state index in [9.17, 15) is 13.2 Å². The number of sulfone groups is 1. The number of benzene rings is 1. The molecule has 1 fully saturated rings. The normalized spacial score (nSPS) is 20.7. The Hall–Kier alpha value is -1.99. The van der Waals surface area contributed by atoms with Gasteiger partial charge in [-0.25, -0.2) is 13.4 Å². The first-order chi connectivity index (χ1) is 12.2. The Labute approximate surface area is 154 Å². The molecule has 1 aromatic carbocycles. The van der Waals surface area contributed by atoms with E-state index in [2.05, 4.69) is 10.3 Å². The monoisotopic (exact) mass is 376 g/mol. The number of hydrogen-bond donors (Lipinski definition) is 1. The lowest BCUT2D eigenvalue weighted by atomic mass is 9.86. The summed E-state index contributed by atoms with van der Waals surface area (Å²) in [5.41, 5.74) is 1.60. The fraction of sp³-hybridized carbons (Fsp3) is 0.474. The zero-order valence-electron chi connectivity index (χ0n) is 15.3. The van der Waals surface area contributed by atoms with Crippen LogP contribution >= 0.6 is 0 Å². The molecule has 0 unspecified atom stereocenters. The molecule has 1 aromatic rings. The lowest BCUT2D eigenvalue weighted by molar-refractivity contribution is -0.123. The van der Waals surface area contributed by atoms with Crippen LogP contribution in [-0.2, 0) is 19.4 Å². The topological polar surface area (TPSA) is 84.8 Å². The van der Waals surface area contributed by atoms with Gasteiger partial charge in [0.1, 0.15) is 0 Å². The van der Waals surface area contributed by atoms with Crippen LogP contribution in [0.5, 0.6) is 0 Å². The van der Waals surface area contributed by atoms with E-state index in [0.717, 1.165) is 29.7 Å². The summed E-state index contributed by atoms with van der Waals surface area (Å²) >= 11 is 0. The molecule has 0 spiro atoms. The van der Waals surface area contributed by atoms with Gasteiger partial charge in [0, 0.05) is 43.0 Å². The number of carbonyl (C=O) groups is 1. The number of nitrogens with zero attached hydrogens (tertiary/aromatic N) is 1. The lowest BCUT2D eigenvalue weighted by Crippen LogP contribution is -2.28. The minimum Gasteiger partial charge on any atom is -0.382 e. The smallest absolute Gasteiger partial charge is 0.255 e. The lowest BCUT2D eigenvalue weighted by Gasteiger charge is -2.27. The van der Waals surface area contributed by atoms with Gasteiger partial charge in [-0.05, 0) is 50.5 Å². The fourth-order valence-corrected chi connectivity index (χ4v) is 3.76. The molecule has 0 aromatic heterocycles. The van der Waals surface area contributed by atoms with Gasteiger partial charge in [-0.1, -0.05) is 6.08 Å². The number of amides is 1. The van der Waals surface area contributed by atoms with Crippen LogP contribution in [0.3, 0.4) is 0 Å². The Balaban J connectivity index is 2.04. The van der Waals surface area contributed by atoms with E-state index >= 15 is 0 Å². The number of allylic oxidation sites excluding steroid dienone is 1. The molecule has 140 valence electrons. The average Bonchev–Trinajstić information content (AvgIpc) is 2.57. The Morgan fingerprint density at radius 1 is 1.23 bits per heavy atom. The van der Waals surface area contributed by atoms with Crippen LogP contribution in [0.25, 0.3) is 5.57 Å². The average molecular weight is 376 g/mol. The van der Waals surface area contributed by atoms with Crippen molar-refractivity contribution in [1.82, 2.24) is 0 Å². The van der Waals surface area contributed by atoms with Crippen molar-refractivity contribution < 1.29 is 17.9 Å². The number of ether oxygens (including phenoxy) is 1. The number of anilines is 1. The number of nitrogens with one attached hydrogen (secondary N) is 1. The van der Waals surface area contributed by atoms with Crippen molar-refractivity contribution in [2.75, 3.05) is 24.8 Å². The van der Waals surface area contributed by atoms with Gasteiger partial charge in [-0.2, -0.15) is 0 Å². The van der Waals surface area contributed by atoms with Crippen molar-refractivity contribution in [2.24, 2.45) is 10.4 Å². The SMILES string of the molecule is CC1(C)C=C(c2cc(S(C)(=O)=O)ccc2NC2CCOCC2)C=NC1=O. The van der Waals surface area contributed by atoms with Crippen molar-refractivity contribution in [3.63, 3.8) is 0 Å². The van der Waals surface area contributed by atoms with Crippen LogP contribution in [0.15, 0.2) is 34.2 Å². The number of carbonyl (C=O) groups excluding carboxylic acids is 1. The van der Waals surface area contributed by atoms with Crippen molar-refractivity contribution >= 4 is 33.2 Å². The van der Waals surface area contributed by atoms with Gasteiger partial charge in [0.25, 0.3) is 5.91 Å². The Morgan fingerprint density at radius 3 is 2.54 bits per heavy atom. The highest BCUT2D eigenvalue weighted by molar-refractivity contribution is 7.90. The summed E-state index contributed by atoms with van der Waals surface area (Å²) < 4.78 is 29.4. The minimum atomic E-state index is -3.34. The second-order valence-electron chi connectivity index (χ2n) is 7.40. The van der Waals surface area contributed by atoms with Gasteiger partial charge >= 0.3 is 0 Å². The van der Waals surface area contributed by atoms with E-state index in [0.29, 0.717) is 13.2 Å². The number of dihydropyridines is 1. The van der Waals surface area contributed by atoms with Crippen molar-refractivity contribution in [1.29, 1.82) is 0 Å². The van der Waals surface area contributed by atoms with E-state index in [-0.39, 0.29) is 16.8 Å². The second kappa shape index (κ2) is 6.96. The highest BCUT2D eigenvalue weighted by Crippen LogP contribution is 2.34. The van der Waals surface area contributed by atoms with Crippen LogP contribution in [0, 0.1) is 5.41 Å². The standard InChI is InChI=1S/C19H24N2O4S/c1-19(2)11-13(12-20-18(19)22)16-10-15(26(3,23)24)4-5-17(16)21-14-6-8-25-9-7-14/h4-5,10-12,14,21H,6-9H2,1-3H3. The van der Waals surface area contributed by atoms with Gasteiger partial charge in [-0.15, -0.1) is 0 Å². The van der Waals surface area contributed by atoms with E-state index < -0.39 is 15.3 Å². The molecular weight excluding hydrogens is 352 g/mol. The fourth-order valence-electron chi connectivity index (χ4n) is 3.11. The van der Waals surface area contributed by atoms with Crippen molar-refractivity contribution in [3.8, 4) is 0 Å². The molecule has 26 heavy (non-hydrogen) atoms. The summed E-state index contributed by atoms with van der Waals surface area (Å²) in [7, 11) is -3.34. The predicted molar refractivity (Wildman–Crippen MR) is 102 cm³/mol. The number of rotatable bonds is 4. The van der Waals surface area contributed by atoms with Crippen molar-refractivity contribution in [3.05, 3.63) is 29.8 Å². The maximum atomic E-state index is 12.0. The molecule has 6 nitrogen and oxygen atoms in total. The molecule has 0 aliphatic carbocycles. The molecule has 1 saturated heterocycles. The maximum Gasteiger partial charge on any atom is 0.255 e. The van der Waals surface area contributed by atoms with Gasteiger partial charge in [-0.3, -0.25) is 4.79 Å². The molecule has 0 radical (unpaired) electrons. The first-order valence-corrected chi connectivity index (χ1v) is 10.6. The molecular formula is C19H24N2O4S. The third-order valence-electron chi connectivity index (χ3n) is 4.70. The summed E-state index contributed by atoms with van der Waals surface area (Å²) in [6, 6.07) is 5.32. The van der Waals surface area contributed by atoms with Gasteiger partial charge in [0.05, 0.1) is 10.3 Å². The molecule has 1 amide bonds. The van der Waals surface area contributed by atoms with Gasteiger partial charge in [0.2, 0.25) is 0 Å². The van der Waals surface area contributed by atoms with E-state index in [1.54, 1.807) is 32.0 Å². The first kappa shape index (κ1) is 18.8. The zero-order valence-corrected chi connectivity index (χ0v) is 16.1. The maximum absolute atomic E-state index is 12.0. The zero-order chi connectivity index (χ0) is 18.9. The Morgan fingerprint density at radius 2 is 1.92 bits per heavy atom. The van der Waals surface area contributed by atoms with Crippen LogP contribution in [0.1, 0.15) is 32.3 Å². The minimum absolute atomic E-state index is 0.209. The number of aliphatic imine (C=N–C) groups is 1. The Kier molecular flexibility index (Phi) is 5.03. The summed E-state index contributed by atoms with van der Waals surface area (Å²) in [6.45, 7) is 5.02. The molecule has 2 aliphatic rings. The van der Waals surface area contributed by atoms with Gasteiger partial charge in [0.15, 0.2) is 9.84 Å². The molecule has 0 atom stereocenters. The number of hydrogen-bond acceptors (Lipinski definition) is 5. The van der Waals surface area contributed by atoms with Crippen molar-refractivity contribution in [2.45, 2.75) is 37.6 Å². The molecule has 2 aliphatic heterocycles. The molecule has 1 N–H and O–H groups in total. The molecule has 0 saturated carbocycles. The van der Waals surface area contributed by atoms with Gasteiger partial charge < -0.3 is 10.1 Å². The predicted octanol–water partition coefficient (Wildman–Crippen LogP) is 2.70. The molecule has 3 rings (SSSR count). The molecule has 2 heterocycles. The van der Waals surface area contributed by atoms with Crippen LogP contribution in [0.4, 0.5) is 5.69 Å².